The van der Waals surface area contributed by atoms with Crippen molar-refractivity contribution in [2.45, 2.75) is 12.7 Å². The number of aromatic nitrogens is 2. The summed E-state index contributed by atoms with van der Waals surface area (Å²) in [5.74, 6) is -1.23. The summed E-state index contributed by atoms with van der Waals surface area (Å²) in [6, 6.07) is 13.4. The second-order valence-electron chi connectivity index (χ2n) is 7.76. The Hall–Kier alpha value is -4.05. The van der Waals surface area contributed by atoms with Gasteiger partial charge in [0, 0.05) is 34.9 Å². The predicted octanol–water partition coefficient (Wildman–Crippen LogP) is 5.25. The van der Waals surface area contributed by atoms with E-state index in [0.717, 1.165) is 15.6 Å². The van der Waals surface area contributed by atoms with Crippen molar-refractivity contribution >= 4 is 34.3 Å². The van der Waals surface area contributed by atoms with Crippen molar-refractivity contribution in [1.82, 2.24) is 14.6 Å². The molecule has 2 aromatic carbocycles. The molecule has 178 valence electrons. The van der Waals surface area contributed by atoms with Gasteiger partial charge in [-0.25, -0.2) is 0 Å². The number of phenols is 1. The van der Waals surface area contributed by atoms with Crippen LogP contribution in [0.3, 0.4) is 0 Å². The molecule has 4 aromatic rings. The fourth-order valence-electron chi connectivity index (χ4n) is 3.94. The van der Waals surface area contributed by atoms with Gasteiger partial charge in [0.2, 0.25) is 5.90 Å². The smallest absolute Gasteiger partial charge is 0.432 e. The minimum absolute atomic E-state index is 0.0543. The molecule has 1 aliphatic rings. The largest absolute Gasteiger partial charge is 0.508 e. The Labute approximate surface area is 201 Å². The maximum absolute atomic E-state index is 14.5. The van der Waals surface area contributed by atoms with Gasteiger partial charge in [0.15, 0.2) is 6.73 Å². The summed E-state index contributed by atoms with van der Waals surface area (Å²) >= 11 is 5.91. The minimum atomic E-state index is -4.89. The van der Waals surface area contributed by atoms with Crippen LogP contribution in [0.4, 0.5) is 13.2 Å². The first-order valence-corrected chi connectivity index (χ1v) is 10.7. The second-order valence-corrected chi connectivity index (χ2v) is 8.20. The number of hydrogen-bond donors (Lipinski definition) is 1. The van der Waals surface area contributed by atoms with Gasteiger partial charge in [-0.1, -0.05) is 23.7 Å². The van der Waals surface area contributed by atoms with Crippen LogP contribution in [0.2, 0.25) is 5.02 Å². The molecule has 35 heavy (non-hydrogen) atoms. The summed E-state index contributed by atoms with van der Waals surface area (Å²) in [5, 5.41) is 15.3. The average molecular weight is 501 g/mol. The number of carbonyl (C=O) groups excluding carboxylic acids is 1. The third kappa shape index (κ3) is 4.28. The van der Waals surface area contributed by atoms with Gasteiger partial charge in [-0.05, 0) is 48.0 Å². The van der Waals surface area contributed by atoms with Crippen LogP contribution >= 0.6 is 11.6 Å². The topological polar surface area (TPSA) is 80.0 Å². The van der Waals surface area contributed by atoms with E-state index in [1.165, 1.54) is 18.3 Å². The number of phenolic OH excluding ortho intramolecular Hbond substituents is 1. The molecule has 1 amide bonds. The van der Waals surface area contributed by atoms with E-state index in [1.807, 2.05) is 0 Å². The molecule has 0 saturated heterocycles. The van der Waals surface area contributed by atoms with E-state index in [1.54, 1.807) is 42.6 Å². The SMILES string of the molecule is O=C(c1c(C(F)(F)F)n(Cc2ccc(Cl)cc2)c2ccc(O)cc12)N1COC(c2cccnc2)=N1. The zero-order chi connectivity index (χ0) is 24.7. The summed E-state index contributed by atoms with van der Waals surface area (Å²) in [5.41, 5.74) is -0.628. The van der Waals surface area contributed by atoms with E-state index in [0.29, 0.717) is 16.1 Å². The summed E-state index contributed by atoms with van der Waals surface area (Å²) in [4.78, 5) is 17.4. The number of rotatable bonds is 4. The fraction of sp³-hybridized carbons (Fsp3) is 0.125. The molecule has 0 aliphatic carbocycles. The van der Waals surface area contributed by atoms with Gasteiger partial charge in [0.05, 0.1) is 11.1 Å². The van der Waals surface area contributed by atoms with Crippen molar-refractivity contribution in [2.75, 3.05) is 6.73 Å². The normalized spacial score (nSPS) is 13.7. The molecule has 7 nitrogen and oxygen atoms in total. The monoisotopic (exact) mass is 500 g/mol. The summed E-state index contributed by atoms with van der Waals surface area (Å²) in [7, 11) is 0. The second kappa shape index (κ2) is 8.62. The van der Waals surface area contributed by atoms with Crippen molar-refractivity contribution in [3.63, 3.8) is 0 Å². The number of alkyl halides is 3. The Kier molecular flexibility index (Phi) is 5.60. The van der Waals surface area contributed by atoms with Gasteiger partial charge in [-0.2, -0.15) is 18.2 Å². The van der Waals surface area contributed by atoms with Crippen LogP contribution in [0, 0.1) is 0 Å². The standard InChI is InChI=1S/C24H16ClF3N4O3/c25-16-5-3-14(4-6-16)12-31-19-8-7-17(33)10-18(19)20(21(31)24(26,27)28)23(34)32-13-35-22(30-32)15-2-1-9-29-11-15/h1-11,33H,12-13H2. The van der Waals surface area contributed by atoms with Crippen LogP contribution in [0.15, 0.2) is 72.1 Å². The van der Waals surface area contributed by atoms with Gasteiger partial charge in [-0.15, -0.1) is 5.10 Å². The predicted molar refractivity (Wildman–Crippen MR) is 122 cm³/mol. The number of halogens is 4. The lowest BCUT2D eigenvalue weighted by Crippen LogP contribution is -2.27. The number of benzene rings is 2. The molecule has 11 heteroatoms. The van der Waals surface area contributed by atoms with Crippen molar-refractivity contribution in [1.29, 1.82) is 0 Å². The molecule has 5 rings (SSSR count). The highest BCUT2D eigenvalue weighted by Crippen LogP contribution is 2.40. The van der Waals surface area contributed by atoms with Crippen LogP contribution < -0.4 is 0 Å². The Morgan fingerprint density at radius 2 is 1.91 bits per heavy atom. The van der Waals surface area contributed by atoms with Gasteiger partial charge < -0.3 is 14.4 Å². The molecule has 0 fully saturated rings. The first kappa shape index (κ1) is 22.7. The molecule has 2 aromatic heterocycles. The van der Waals surface area contributed by atoms with Crippen LogP contribution in [0.1, 0.15) is 27.2 Å². The number of aromatic hydroxyl groups is 1. The minimum Gasteiger partial charge on any atom is -0.508 e. The van der Waals surface area contributed by atoms with Crippen LogP contribution in [-0.4, -0.2) is 38.2 Å². The maximum Gasteiger partial charge on any atom is 0.432 e. The van der Waals surface area contributed by atoms with Crippen LogP contribution in [-0.2, 0) is 17.5 Å². The van der Waals surface area contributed by atoms with Gasteiger partial charge >= 0.3 is 6.18 Å². The van der Waals surface area contributed by atoms with E-state index >= 15 is 0 Å². The lowest BCUT2D eigenvalue weighted by atomic mass is 10.1. The molecule has 0 unspecified atom stereocenters. The molecule has 1 N–H and O–H groups in total. The highest BCUT2D eigenvalue weighted by atomic mass is 35.5. The van der Waals surface area contributed by atoms with Gasteiger partial charge in [0.25, 0.3) is 5.91 Å². The third-order valence-corrected chi connectivity index (χ3v) is 5.71. The zero-order valence-corrected chi connectivity index (χ0v) is 18.6. The van der Waals surface area contributed by atoms with Crippen molar-refractivity contribution in [3.8, 4) is 5.75 Å². The summed E-state index contributed by atoms with van der Waals surface area (Å²) < 4.78 is 49.8. The fourth-order valence-corrected chi connectivity index (χ4v) is 4.07. The van der Waals surface area contributed by atoms with E-state index in [-0.39, 0.29) is 35.8 Å². The van der Waals surface area contributed by atoms with E-state index in [9.17, 15) is 23.1 Å². The lowest BCUT2D eigenvalue weighted by molar-refractivity contribution is -0.143. The molecule has 0 radical (unpaired) electrons. The highest BCUT2D eigenvalue weighted by Gasteiger charge is 2.43. The first-order valence-electron chi connectivity index (χ1n) is 10.3. The van der Waals surface area contributed by atoms with Gasteiger partial charge in [-0.3, -0.25) is 9.78 Å². The molecule has 0 bridgehead atoms. The lowest BCUT2D eigenvalue weighted by Gasteiger charge is -2.16. The number of hydrazone groups is 1. The molecular formula is C24H16ClF3N4O3. The molecule has 1 aliphatic heterocycles. The number of ether oxygens (including phenoxy) is 1. The van der Waals surface area contributed by atoms with E-state index < -0.39 is 23.3 Å². The van der Waals surface area contributed by atoms with Crippen molar-refractivity contribution in [2.24, 2.45) is 5.10 Å². The summed E-state index contributed by atoms with van der Waals surface area (Å²) in [6.45, 7) is -0.551. The maximum atomic E-state index is 14.5. The Bertz CT molecular complexity index is 1450. The third-order valence-electron chi connectivity index (χ3n) is 5.46. The van der Waals surface area contributed by atoms with Crippen molar-refractivity contribution in [3.05, 3.63) is 94.4 Å². The highest BCUT2D eigenvalue weighted by molar-refractivity contribution is 6.30. The summed E-state index contributed by atoms with van der Waals surface area (Å²) in [6.07, 6.45) is -1.88. The van der Waals surface area contributed by atoms with Crippen LogP contribution in [0.25, 0.3) is 10.9 Å². The first-order chi connectivity index (χ1) is 16.7. The average Bonchev–Trinajstić information content (AvgIpc) is 3.44. The van der Waals surface area contributed by atoms with Crippen LogP contribution in [0.5, 0.6) is 5.75 Å². The number of amides is 1. The Balaban J connectivity index is 1.66. The number of pyridine rings is 1. The Morgan fingerprint density at radius 3 is 2.60 bits per heavy atom. The molecule has 0 atom stereocenters. The number of fused-ring (bicyclic) bond motifs is 1. The Morgan fingerprint density at radius 1 is 1.14 bits per heavy atom. The number of hydrogen-bond acceptors (Lipinski definition) is 5. The number of nitrogens with zero attached hydrogens (tertiary/aromatic N) is 4. The molecule has 0 saturated carbocycles. The zero-order valence-electron chi connectivity index (χ0n) is 17.8. The molecule has 3 heterocycles. The van der Waals surface area contributed by atoms with Gasteiger partial charge in [0.1, 0.15) is 11.4 Å². The van der Waals surface area contributed by atoms with E-state index in [2.05, 4.69) is 10.1 Å². The van der Waals surface area contributed by atoms with E-state index in [4.69, 9.17) is 16.3 Å². The molecular weight excluding hydrogens is 485 g/mol. The van der Waals surface area contributed by atoms with Crippen molar-refractivity contribution < 1.29 is 27.8 Å². The number of carbonyl (C=O) groups is 1. The molecule has 0 spiro atoms. The quantitative estimate of drug-likeness (QED) is 0.415.